The van der Waals surface area contributed by atoms with Crippen molar-refractivity contribution >= 4 is 46.5 Å². The fourth-order valence-corrected chi connectivity index (χ4v) is 1.58. The van der Waals surface area contributed by atoms with E-state index < -0.39 is 0 Å². The molecule has 0 heterocycles. The molecule has 82 valence electrons. The molecular weight excluding hydrogens is 258 g/mol. The van der Waals surface area contributed by atoms with Crippen LogP contribution in [0.1, 0.15) is 0 Å². The molecule has 0 bridgehead atoms. The highest BCUT2D eigenvalue weighted by Gasteiger charge is 2.02. The first-order chi connectivity index (χ1) is 7.11. The van der Waals surface area contributed by atoms with Gasteiger partial charge in [-0.25, -0.2) is 4.79 Å². The highest BCUT2D eigenvalue weighted by molar-refractivity contribution is 6.35. The van der Waals surface area contributed by atoms with Crippen LogP contribution in [-0.4, -0.2) is 18.5 Å². The minimum atomic E-state index is -0.339. The van der Waals surface area contributed by atoms with Crippen LogP contribution in [-0.2, 0) is 0 Å². The Morgan fingerprint density at radius 2 is 1.80 bits per heavy atom. The molecule has 2 amide bonds. The van der Waals surface area contributed by atoms with Crippen LogP contribution in [0.3, 0.4) is 0 Å². The molecule has 1 aromatic rings. The maximum atomic E-state index is 11.2. The average molecular weight is 268 g/mol. The van der Waals surface area contributed by atoms with E-state index in [4.69, 9.17) is 34.8 Å². The van der Waals surface area contributed by atoms with Gasteiger partial charge in [-0.15, -0.1) is 11.6 Å². The molecule has 0 aliphatic rings. The normalized spacial score (nSPS) is 9.80. The van der Waals surface area contributed by atoms with E-state index in [1.807, 2.05) is 0 Å². The number of alkyl halides is 1. The zero-order valence-electron chi connectivity index (χ0n) is 7.69. The van der Waals surface area contributed by atoms with Crippen molar-refractivity contribution < 1.29 is 4.79 Å². The van der Waals surface area contributed by atoms with Gasteiger partial charge in [0.05, 0.1) is 0 Å². The lowest BCUT2D eigenvalue weighted by atomic mass is 10.3. The Morgan fingerprint density at radius 1 is 1.20 bits per heavy atom. The second-order valence-corrected chi connectivity index (χ2v) is 3.98. The van der Waals surface area contributed by atoms with Gasteiger partial charge in [-0.3, -0.25) is 0 Å². The van der Waals surface area contributed by atoms with Crippen LogP contribution in [0.4, 0.5) is 10.5 Å². The summed E-state index contributed by atoms with van der Waals surface area (Å²) in [6.07, 6.45) is 0. The Balaban J connectivity index is 2.60. The van der Waals surface area contributed by atoms with Crippen molar-refractivity contribution in [2.75, 3.05) is 17.7 Å². The van der Waals surface area contributed by atoms with Crippen molar-refractivity contribution in [3.05, 3.63) is 28.2 Å². The average Bonchev–Trinajstić information content (AvgIpc) is 2.13. The van der Waals surface area contributed by atoms with E-state index >= 15 is 0 Å². The summed E-state index contributed by atoms with van der Waals surface area (Å²) in [5.74, 6) is 0.365. The third-order valence-corrected chi connectivity index (χ3v) is 2.13. The molecule has 0 saturated carbocycles. The molecule has 0 saturated heterocycles. The van der Waals surface area contributed by atoms with Gasteiger partial charge in [0.1, 0.15) is 0 Å². The third-order valence-electron chi connectivity index (χ3n) is 1.50. The zero-order valence-corrected chi connectivity index (χ0v) is 9.96. The van der Waals surface area contributed by atoms with Gasteiger partial charge in [-0.1, -0.05) is 23.2 Å². The van der Waals surface area contributed by atoms with Crippen LogP contribution in [0.25, 0.3) is 0 Å². The van der Waals surface area contributed by atoms with Crippen LogP contribution in [0.5, 0.6) is 0 Å². The minimum Gasteiger partial charge on any atom is -0.337 e. The summed E-state index contributed by atoms with van der Waals surface area (Å²) in [6, 6.07) is 4.46. The number of carbonyl (C=O) groups is 1. The lowest BCUT2D eigenvalue weighted by molar-refractivity contribution is 0.252. The lowest BCUT2D eigenvalue weighted by Crippen LogP contribution is -2.30. The first kappa shape index (κ1) is 12.4. The number of urea groups is 1. The summed E-state index contributed by atoms with van der Waals surface area (Å²) in [6.45, 7) is 0.404. The SMILES string of the molecule is O=C(NCCCl)Nc1cc(Cl)cc(Cl)c1. The Labute approximate surface area is 103 Å². The highest BCUT2D eigenvalue weighted by Crippen LogP contribution is 2.22. The number of nitrogens with one attached hydrogen (secondary N) is 2. The third kappa shape index (κ3) is 4.60. The van der Waals surface area contributed by atoms with Crippen LogP contribution < -0.4 is 10.6 Å². The summed E-state index contributed by atoms with van der Waals surface area (Å²) in [7, 11) is 0. The number of hydrogen-bond acceptors (Lipinski definition) is 1. The van der Waals surface area contributed by atoms with E-state index in [2.05, 4.69) is 10.6 Å². The van der Waals surface area contributed by atoms with Crippen molar-refractivity contribution in [3.8, 4) is 0 Å². The number of amides is 2. The van der Waals surface area contributed by atoms with E-state index in [1.165, 1.54) is 0 Å². The van der Waals surface area contributed by atoms with Crippen molar-refractivity contribution in [1.82, 2.24) is 5.32 Å². The second-order valence-electron chi connectivity index (χ2n) is 2.73. The number of halogens is 3. The molecule has 0 fully saturated rings. The maximum Gasteiger partial charge on any atom is 0.319 e. The number of anilines is 1. The fraction of sp³-hybridized carbons (Fsp3) is 0.222. The Hall–Kier alpha value is -0.640. The number of rotatable bonds is 3. The molecule has 0 unspecified atom stereocenters. The first-order valence-corrected chi connectivity index (χ1v) is 5.48. The highest BCUT2D eigenvalue weighted by atomic mass is 35.5. The van der Waals surface area contributed by atoms with Crippen LogP contribution in [0, 0.1) is 0 Å². The molecule has 3 nitrogen and oxygen atoms in total. The standard InChI is InChI=1S/C9H9Cl3N2O/c10-1-2-13-9(15)14-8-4-6(11)3-7(12)5-8/h3-5H,1-2H2,(H2,13,14,15). The lowest BCUT2D eigenvalue weighted by Gasteiger charge is -2.06. The molecule has 2 N–H and O–H groups in total. The molecule has 0 radical (unpaired) electrons. The summed E-state index contributed by atoms with van der Waals surface area (Å²) in [5.41, 5.74) is 0.541. The van der Waals surface area contributed by atoms with Crippen molar-refractivity contribution in [1.29, 1.82) is 0 Å². The van der Waals surface area contributed by atoms with E-state index in [0.29, 0.717) is 28.2 Å². The quantitative estimate of drug-likeness (QED) is 0.810. The predicted molar refractivity (Wildman–Crippen MR) is 64.2 cm³/mol. The fourth-order valence-electron chi connectivity index (χ4n) is 0.962. The van der Waals surface area contributed by atoms with Crippen molar-refractivity contribution in [3.63, 3.8) is 0 Å². The zero-order chi connectivity index (χ0) is 11.3. The molecular formula is C9H9Cl3N2O. The number of hydrogen-bond donors (Lipinski definition) is 2. The number of carbonyl (C=O) groups excluding carboxylic acids is 1. The second kappa shape index (κ2) is 6.05. The molecule has 1 rings (SSSR count). The molecule has 6 heteroatoms. The summed E-state index contributed by atoms with van der Waals surface area (Å²) < 4.78 is 0. The molecule has 1 aromatic carbocycles. The Kier molecular flexibility index (Phi) is 5.02. The van der Waals surface area contributed by atoms with Gasteiger partial charge in [0, 0.05) is 28.2 Å². The van der Waals surface area contributed by atoms with Crippen LogP contribution in [0.15, 0.2) is 18.2 Å². The van der Waals surface area contributed by atoms with Crippen LogP contribution in [0.2, 0.25) is 10.0 Å². The molecule has 0 atom stereocenters. The summed E-state index contributed by atoms with van der Waals surface area (Å²) >= 11 is 16.9. The van der Waals surface area contributed by atoms with E-state index in [-0.39, 0.29) is 6.03 Å². The van der Waals surface area contributed by atoms with Gasteiger partial charge in [0.15, 0.2) is 0 Å². The van der Waals surface area contributed by atoms with Crippen molar-refractivity contribution in [2.24, 2.45) is 0 Å². The largest absolute Gasteiger partial charge is 0.337 e. The topological polar surface area (TPSA) is 41.1 Å². The van der Waals surface area contributed by atoms with Gasteiger partial charge < -0.3 is 10.6 Å². The Morgan fingerprint density at radius 3 is 2.33 bits per heavy atom. The maximum absolute atomic E-state index is 11.2. The van der Waals surface area contributed by atoms with Crippen molar-refractivity contribution in [2.45, 2.75) is 0 Å². The molecule has 0 aliphatic heterocycles. The van der Waals surface area contributed by atoms with Crippen LogP contribution >= 0.6 is 34.8 Å². The molecule has 15 heavy (non-hydrogen) atoms. The predicted octanol–water partition coefficient (Wildman–Crippen LogP) is 3.35. The monoisotopic (exact) mass is 266 g/mol. The molecule has 0 spiro atoms. The molecule has 0 aromatic heterocycles. The summed E-state index contributed by atoms with van der Waals surface area (Å²) in [5, 5.41) is 6.07. The van der Waals surface area contributed by atoms with Gasteiger partial charge in [0.25, 0.3) is 0 Å². The van der Waals surface area contributed by atoms with Gasteiger partial charge in [-0.05, 0) is 18.2 Å². The number of benzene rings is 1. The molecule has 0 aliphatic carbocycles. The van der Waals surface area contributed by atoms with E-state index in [0.717, 1.165) is 0 Å². The van der Waals surface area contributed by atoms with Gasteiger partial charge in [0.2, 0.25) is 0 Å². The van der Waals surface area contributed by atoms with E-state index in [9.17, 15) is 4.79 Å². The van der Waals surface area contributed by atoms with Gasteiger partial charge >= 0.3 is 6.03 Å². The summed E-state index contributed by atoms with van der Waals surface area (Å²) in [4.78, 5) is 11.2. The first-order valence-electron chi connectivity index (χ1n) is 4.18. The Bertz CT molecular complexity index is 337. The van der Waals surface area contributed by atoms with E-state index in [1.54, 1.807) is 18.2 Å². The minimum absolute atomic E-state index is 0.339. The van der Waals surface area contributed by atoms with Gasteiger partial charge in [-0.2, -0.15) is 0 Å². The smallest absolute Gasteiger partial charge is 0.319 e.